The van der Waals surface area contributed by atoms with Gasteiger partial charge in [0.1, 0.15) is 17.5 Å². The molecule has 0 aliphatic carbocycles. The SMILES string of the molecule is CC(C)C(=O)C(C(=O)NCc1ccc(C(F)(F)F)cc1)C(C(=O)c1ccc(F)cc1)c1ccccc1. The van der Waals surface area contributed by atoms with E-state index in [1.54, 1.807) is 44.2 Å². The summed E-state index contributed by atoms with van der Waals surface area (Å²) in [5.74, 6) is -5.42. The number of hydrogen-bond donors (Lipinski definition) is 1. The summed E-state index contributed by atoms with van der Waals surface area (Å²) in [6, 6.07) is 17.5. The van der Waals surface area contributed by atoms with Gasteiger partial charge in [0.05, 0.1) is 11.5 Å². The van der Waals surface area contributed by atoms with E-state index >= 15 is 0 Å². The molecule has 3 rings (SSSR count). The molecule has 0 aromatic heterocycles. The highest BCUT2D eigenvalue weighted by molar-refractivity contribution is 6.11. The molecule has 0 aliphatic heterocycles. The van der Waals surface area contributed by atoms with E-state index in [1.807, 2.05) is 0 Å². The van der Waals surface area contributed by atoms with Crippen molar-refractivity contribution < 1.29 is 31.9 Å². The monoisotopic (exact) mass is 499 g/mol. The van der Waals surface area contributed by atoms with Gasteiger partial charge in [0, 0.05) is 18.0 Å². The Morgan fingerprint density at radius 3 is 1.94 bits per heavy atom. The van der Waals surface area contributed by atoms with Crippen molar-refractivity contribution in [3.63, 3.8) is 0 Å². The molecule has 0 bridgehead atoms. The summed E-state index contributed by atoms with van der Waals surface area (Å²) in [5.41, 5.74) is 0.158. The van der Waals surface area contributed by atoms with Crippen LogP contribution >= 0.6 is 0 Å². The molecular formula is C28H25F4NO3. The van der Waals surface area contributed by atoms with Gasteiger partial charge in [-0.15, -0.1) is 0 Å². The molecule has 1 N–H and O–H groups in total. The number of nitrogens with one attached hydrogen (secondary N) is 1. The summed E-state index contributed by atoms with van der Waals surface area (Å²) in [6.45, 7) is 3.09. The number of alkyl halides is 3. The highest BCUT2D eigenvalue weighted by Crippen LogP contribution is 2.32. The fourth-order valence-corrected chi connectivity index (χ4v) is 3.86. The van der Waals surface area contributed by atoms with E-state index in [9.17, 15) is 31.9 Å². The van der Waals surface area contributed by atoms with E-state index in [-0.39, 0.29) is 12.1 Å². The zero-order valence-corrected chi connectivity index (χ0v) is 19.7. The van der Waals surface area contributed by atoms with Crippen LogP contribution in [-0.2, 0) is 22.3 Å². The number of Topliss-reactive ketones (excluding diaryl/α,β-unsaturated/α-hetero) is 2. The molecule has 36 heavy (non-hydrogen) atoms. The van der Waals surface area contributed by atoms with Crippen LogP contribution in [0.3, 0.4) is 0 Å². The lowest BCUT2D eigenvalue weighted by atomic mass is 9.75. The van der Waals surface area contributed by atoms with Crippen LogP contribution in [0.25, 0.3) is 0 Å². The van der Waals surface area contributed by atoms with Crippen molar-refractivity contribution in [2.45, 2.75) is 32.5 Å². The van der Waals surface area contributed by atoms with Gasteiger partial charge in [-0.3, -0.25) is 14.4 Å². The Morgan fingerprint density at radius 1 is 0.833 bits per heavy atom. The van der Waals surface area contributed by atoms with Crippen molar-refractivity contribution in [1.29, 1.82) is 0 Å². The number of benzene rings is 3. The lowest BCUT2D eigenvalue weighted by molar-refractivity contribution is -0.138. The highest BCUT2D eigenvalue weighted by Gasteiger charge is 2.41. The molecule has 3 aromatic carbocycles. The normalized spacial score (nSPS) is 13.2. The summed E-state index contributed by atoms with van der Waals surface area (Å²) in [4.78, 5) is 40.2. The number of hydrogen-bond acceptors (Lipinski definition) is 3. The van der Waals surface area contributed by atoms with E-state index in [0.29, 0.717) is 11.1 Å². The van der Waals surface area contributed by atoms with Crippen LogP contribution in [0.15, 0.2) is 78.9 Å². The van der Waals surface area contributed by atoms with Crippen molar-refractivity contribution in [2.24, 2.45) is 11.8 Å². The molecule has 0 spiro atoms. The minimum absolute atomic E-state index is 0.134. The Kier molecular flexibility index (Phi) is 8.40. The van der Waals surface area contributed by atoms with E-state index in [1.165, 1.54) is 24.3 Å². The Bertz CT molecular complexity index is 1200. The summed E-state index contributed by atoms with van der Waals surface area (Å²) in [7, 11) is 0. The van der Waals surface area contributed by atoms with Gasteiger partial charge in [-0.2, -0.15) is 13.2 Å². The molecule has 0 heterocycles. The van der Waals surface area contributed by atoms with Crippen LogP contribution in [0.2, 0.25) is 0 Å². The van der Waals surface area contributed by atoms with E-state index < -0.39 is 52.8 Å². The Balaban J connectivity index is 1.94. The molecule has 4 nitrogen and oxygen atoms in total. The average molecular weight is 500 g/mol. The lowest BCUT2D eigenvalue weighted by Gasteiger charge is -2.26. The first kappa shape index (κ1) is 26.8. The number of rotatable bonds is 9. The topological polar surface area (TPSA) is 63.2 Å². The lowest BCUT2D eigenvalue weighted by Crippen LogP contribution is -2.42. The van der Waals surface area contributed by atoms with Gasteiger partial charge in [-0.05, 0) is 47.5 Å². The Labute approximate surface area is 206 Å². The molecule has 2 atom stereocenters. The standard InChI is InChI=1S/C28H25F4NO3/c1-17(2)25(34)24(27(36)33-16-18-8-12-21(13-9-18)28(30,31)32)23(19-6-4-3-5-7-19)26(35)20-10-14-22(29)15-11-20/h3-15,17,23-24H,16H2,1-2H3,(H,33,36). The third-order valence-electron chi connectivity index (χ3n) is 5.81. The van der Waals surface area contributed by atoms with Gasteiger partial charge in [-0.25, -0.2) is 4.39 Å². The van der Waals surface area contributed by atoms with Crippen LogP contribution in [0.1, 0.15) is 46.8 Å². The number of carbonyl (C=O) groups excluding carboxylic acids is 3. The maximum atomic E-state index is 13.6. The largest absolute Gasteiger partial charge is 0.416 e. The van der Waals surface area contributed by atoms with Crippen LogP contribution in [0.5, 0.6) is 0 Å². The Hall–Kier alpha value is -3.81. The number of ketones is 2. The molecule has 0 saturated heterocycles. The first-order valence-electron chi connectivity index (χ1n) is 11.3. The van der Waals surface area contributed by atoms with Gasteiger partial charge in [-0.1, -0.05) is 56.3 Å². The molecule has 2 unspecified atom stereocenters. The van der Waals surface area contributed by atoms with Gasteiger partial charge >= 0.3 is 6.18 Å². The van der Waals surface area contributed by atoms with Crippen LogP contribution < -0.4 is 5.32 Å². The fourth-order valence-electron chi connectivity index (χ4n) is 3.86. The third-order valence-corrected chi connectivity index (χ3v) is 5.81. The fraction of sp³-hybridized carbons (Fsp3) is 0.250. The van der Waals surface area contributed by atoms with Crippen molar-refractivity contribution in [3.8, 4) is 0 Å². The number of halogens is 4. The first-order chi connectivity index (χ1) is 17.0. The number of carbonyl (C=O) groups is 3. The predicted octanol–water partition coefficient (Wildman–Crippen LogP) is 5.97. The van der Waals surface area contributed by atoms with Crippen molar-refractivity contribution >= 4 is 17.5 Å². The molecule has 0 fully saturated rings. The zero-order valence-electron chi connectivity index (χ0n) is 19.7. The van der Waals surface area contributed by atoms with Gasteiger partial charge in [0.15, 0.2) is 5.78 Å². The van der Waals surface area contributed by atoms with E-state index in [0.717, 1.165) is 24.3 Å². The molecule has 0 aliphatic rings. The minimum Gasteiger partial charge on any atom is -0.351 e. The predicted molar refractivity (Wildman–Crippen MR) is 127 cm³/mol. The first-order valence-corrected chi connectivity index (χ1v) is 11.3. The maximum absolute atomic E-state index is 13.6. The minimum atomic E-state index is -4.49. The van der Waals surface area contributed by atoms with Crippen LogP contribution in [-0.4, -0.2) is 17.5 Å². The average Bonchev–Trinajstić information content (AvgIpc) is 2.85. The molecule has 1 amide bonds. The summed E-state index contributed by atoms with van der Waals surface area (Å²) in [6.07, 6.45) is -4.49. The quantitative estimate of drug-likeness (QED) is 0.224. The zero-order chi connectivity index (χ0) is 26.5. The number of amides is 1. The maximum Gasteiger partial charge on any atom is 0.416 e. The molecular weight excluding hydrogens is 474 g/mol. The van der Waals surface area contributed by atoms with Gasteiger partial charge < -0.3 is 5.32 Å². The summed E-state index contributed by atoms with van der Waals surface area (Å²) < 4.78 is 52.0. The molecule has 0 radical (unpaired) electrons. The second kappa shape index (κ2) is 11.3. The van der Waals surface area contributed by atoms with Crippen molar-refractivity contribution in [3.05, 3.63) is 107 Å². The smallest absolute Gasteiger partial charge is 0.351 e. The van der Waals surface area contributed by atoms with Crippen molar-refractivity contribution in [2.75, 3.05) is 0 Å². The molecule has 8 heteroatoms. The van der Waals surface area contributed by atoms with E-state index in [2.05, 4.69) is 5.32 Å². The molecule has 3 aromatic rings. The van der Waals surface area contributed by atoms with Crippen LogP contribution in [0.4, 0.5) is 17.6 Å². The molecule has 188 valence electrons. The Morgan fingerprint density at radius 2 is 1.42 bits per heavy atom. The highest BCUT2D eigenvalue weighted by atomic mass is 19.4. The van der Waals surface area contributed by atoms with Crippen LogP contribution in [0, 0.1) is 17.7 Å². The summed E-state index contributed by atoms with van der Waals surface area (Å²) >= 11 is 0. The van der Waals surface area contributed by atoms with Crippen molar-refractivity contribution in [1.82, 2.24) is 5.32 Å². The summed E-state index contributed by atoms with van der Waals surface area (Å²) in [5, 5.41) is 2.61. The van der Waals surface area contributed by atoms with Gasteiger partial charge in [0.2, 0.25) is 5.91 Å². The van der Waals surface area contributed by atoms with E-state index in [4.69, 9.17) is 0 Å². The molecule has 0 saturated carbocycles. The second-order valence-electron chi connectivity index (χ2n) is 8.71. The second-order valence-corrected chi connectivity index (χ2v) is 8.71. The third kappa shape index (κ3) is 6.44. The van der Waals surface area contributed by atoms with Gasteiger partial charge in [0.25, 0.3) is 0 Å².